The lowest BCUT2D eigenvalue weighted by atomic mass is 9.78. The fraction of sp³-hybridized carbons (Fsp3) is 0.800. The molecule has 7 heteroatoms. The highest BCUT2D eigenvalue weighted by Gasteiger charge is 2.47. The number of hydrogen-bond donors (Lipinski definition) is 1. The maximum atomic E-state index is 12.1. The second-order valence-electron chi connectivity index (χ2n) is 5.84. The van der Waals surface area contributed by atoms with Gasteiger partial charge in [-0.2, -0.15) is 0 Å². The number of carboxylic acids is 1. The minimum atomic E-state index is -1.27. The zero-order valence-electron chi connectivity index (χ0n) is 14.2. The third-order valence-electron chi connectivity index (χ3n) is 3.66. The number of rotatable bonds is 9. The molecule has 22 heavy (non-hydrogen) atoms. The van der Waals surface area contributed by atoms with Crippen molar-refractivity contribution in [3.63, 3.8) is 0 Å². The maximum absolute atomic E-state index is 12.1. The van der Waals surface area contributed by atoms with E-state index in [1.54, 1.807) is 6.92 Å². The first-order valence-electron chi connectivity index (χ1n) is 7.29. The topological polar surface area (TPSA) is 93.1 Å². The fourth-order valence-electron chi connectivity index (χ4n) is 2.28. The SMILES string of the molecule is CCC(C)(OC(C)=O)C(C(=O)O)C(C)C(=O)OCCN(C)C. The van der Waals surface area contributed by atoms with Gasteiger partial charge in [0.05, 0.1) is 5.92 Å². The van der Waals surface area contributed by atoms with Gasteiger partial charge < -0.3 is 19.5 Å². The second-order valence-corrected chi connectivity index (χ2v) is 5.84. The number of hydrogen-bond acceptors (Lipinski definition) is 6. The van der Waals surface area contributed by atoms with Gasteiger partial charge in [-0.1, -0.05) is 13.8 Å². The highest BCUT2D eigenvalue weighted by molar-refractivity contribution is 5.82. The molecule has 0 aliphatic heterocycles. The second kappa shape index (κ2) is 8.73. The van der Waals surface area contributed by atoms with E-state index in [0.717, 1.165) is 0 Å². The van der Waals surface area contributed by atoms with Gasteiger partial charge in [-0.15, -0.1) is 0 Å². The number of carboxylic acid groups (broad SMARTS) is 1. The zero-order valence-corrected chi connectivity index (χ0v) is 14.2. The van der Waals surface area contributed by atoms with Gasteiger partial charge in [-0.05, 0) is 27.4 Å². The Hall–Kier alpha value is -1.63. The molecule has 0 aliphatic rings. The van der Waals surface area contributed by atoms with E-state index >= 15 is 0 Å². The number of carbonyl (C=O) groups excluding carboxylic acids is 2. The minimum absolute atomic E-state index is 0.179. The average molecular weight is 317 g/mol. The Morgan fingerprint density at radius 3 is 2.18 bits per heavy atom. The van der Waals surface area contributed by atoms with Crippen molar-refractivity contribution in [3.05, 3.63) is 0 Å². The van der Waals surface area contributed by atoms with Gasteiger partial charge in [0.15, 0.2) is 0 Å². The van der Waals surface area contributed by atoms with Crippen LogP contribution in [-0.4, -0.2) is 60.8 Å². The summed E-state index contributed by atoms with van der Waals surface area (Å²) in [5, 5.41) is 9.48. The number of nitrogens with zero attached hydrogens (tertiary/aromatic N) is 1. The normalized spacial score (nSPS) is 16.5. The Labute approximate surface area is 131 Å². The molecule has 3 unspecified atom stereocenters. The number of esters is 2. The van der Waals surface area contributed by atoms with E-state index in [2.05, 4.69) is 0 Å². The molecule has 0 aromatic carbocycles. The molecule has 0 saturated heterocycles. The molecule has 1 N–H and O–H groups in total. The summed E-state index contributed by atoms with van der Waals surface area (Å²) in [7, 11) is 3.68. The van der Waals surface area contributed by atoms with E-state index in [0.29, 0.717) is 6.54 Å². The predicted octanol–water partition coefficient (Wildman–Crippen LogP) is 1.16. The quantitative estimate of drug-likeness (QED) is 0.638. The summed E-state index contributed by atoms with van der Waals surface area (Å²) in [6, 6.07) is 0. The highest BCUT2D eigenvalue weighted by Crippen LogP contribution is 2.33. The molecule has 0 spiro atoms. The van der Waals surface area contributed by atoms with E-state index < -0.39 is 35.3 Å². The lowest BCUT2D eigenvalue weighted by Gasteiger charge is -2.36. The lowest BCUT2D eigenvalue weighted by molar-refractivity contribution is -0.180. The molecule has 0 amide bonds. The van der Waals surface area contributed by atoms with Crippen molar-refractivity contribution in [2.24, 2.45) is 11.8 Å². The summed E-state index contributed by atoms with van der Waals surface area (Å²) in [5.41, 5.74) is -1.27. The van der Waals surface area contributed by atoms with Crippen molar-refractivity contribution in [2.45, 2.75) is 39.7 Å². The molecule has 3 atom stereocenters. The summed E-state index contributed by atoms with van der Waals surface area (Å²) >= 11 is 0. The predicted molar refractivity (Wildman–Crippen MR) is 80.3 cm³/mol. The van der Waals surface area contributed by atoms with Gasteiger partial charge >= 0.3 is 17.9 Å². The van der Waals surface area contributed by atoms with Crippen LogP contribution in [0.25, 0.3) is 0 Å². The molecule has 0 aliphatic carbocycles. The van der Waals surface area contributed by atoms with E-state index in [9.17, 15) is 19.5 Å². The van der Waals surface area contributed by atoms with Gasteiger partial charge in [0.2, 0.25) is 0 Å². The summed E-state index contributed by atoms with van der Waals surface area (Å²) in [4.78, 5) is 36.8. The number of carbonyl (C=O) groups is 3. The van der Waals surface area contributed by atoms with Crippen LogP contribution in [0.1, 0.15) is 34.1 Å². The van der Waals surface area contributed by atoms with Crippen molar-refractivity contribution < 1.29 is 29.0 Å². The smallest absolute Gasteiger partial charge is 0.311 e. The van der Waals surface area contributed by atoms with Crippen molar-refractivity contribution in [1.29, 1.82) is 0 Å². The molecule has 0 aromatic heterocycles. The van der Waals surface area contributed by atoms with Gasteiger partial charge in [0, 0.05) is 13.5 Å². The number of likely N-dealkylation sites (N-methyl/N-ethyl adjacent to an activating group) is 1. The molecule has 0 aromatic rings. The minimum Gasteiger partial charge on any atom is -0.481 e. The summed E-state index contributed by atoms with van der Waals surface area (Å²) in [6.45, 7) is 6.66. The molecular formula is C15H27NO6. The van der Waals surface area contributed by atoms with Crippen molar-refractivity contribution in [1.82, 2.24) is 4.90 Å². The Morgan fingerprint density at radius 2 is 1.82 bits per heavy atom. The van der Waals surface area contributed by atoms with Gasteiger partial charge in [0.25, 0.3) is 0 Å². The van der Waals surface area contributed by atoms with E-state index in [1.807, 2.05) is 19.0 Å². The van der Waals surface area contributed by atoms with Crippen LogP contribution >= 0.6 is 0 Å². The molecule has 0 saturated carbocycles. The summed E-state index contributed by atoms with van der Waals surface area (Å²) < 4.78 is 10.3. The first-order chi connectivity index (χ1) is 10.0. The van der Waals surface area contributed by atoms with Crippen LogP contribution in [0.15, 0.2) is 0 Å². The van der Waals surface area contributed by atoms with Crippen LogP contribution in [0, 0.1) is 11.8 Å². The molecule has 0 heterocycles. The third kappa shape index (κ3) is 6.01. The third-order valence-corrected chi connectivity index (χ3v) is 3.66. The first-order valence-corrected chi connectivity index (χ1v) is 7.29. The Kier molecular flexibility index (Phi) is 8.08. The Balaban J connectivity index is 5.10. The zero-order chi connectivity index (χ0) is 17.5. The van der Waals surface area contributed by atoms with Crippen LogP contribution in [0.4, 0.5) is 0 Å². The van der Waals surface area contributed by atoms with Crippen molar-refractivity contribution in [3.8, 4) is 0 Å². The maximum Gasteiger partial charge on any atom is 0.311 e. The molecule has 0 radical (unpaired) electrons. The van der Waals surface area contributed by atoms with E-state index in [1.165, 1.54) is 20.8 Å². The fourth-order valence-corrected chi connectivity index (χ4v) is 2.28. The summed E-state index contributed by atoms with van der Waals surface area (Å²) in [6.07, 6.45) is 0.277. The molecule has 7 nitrogen and oxygen atoms in total. The van der Waals surface area contributed by atoms with Crippen LogP contribution < -0.4 is 0 Å². The summed E-state index contributed by atoms with van der Waals surface area (Å²) in [5.74, 6) is -4.48. The Bertz CT molecular complexity index is 409. The van der Waals surface area contributed by atoms with Crippen LogP contribution in [0.3, 0.4) is 0 Å². The van der Waals surface area contributed by atoms with Crippen molar-refractivity contribution in [2.75, 3.05) is 27.2 Å². The molecule has 128 valence electrons. The number of aliphatic carboxylic acids is 1. The monoisotopic (exact) mass is 317 g/mol. The average Bonchev–Trinajstić information content (AvgIpc) is 2.36. The van der Waals surface area contributed by atoms with Crippen LogP contribution in [-0.2, 0) is 23.9 Å². The van der Waals surface area contributed by atoms with Gasteiger partial charge in [0.1, 0.15) is 18.1 Å². The van der Waals surface area contributed by atoms with Crippen LogP contribution in [0.2, 0.25) is 0 Å². The van der Waals surface area contributed by atoms with Crippen molar-refractivity contribution >= 4 is 17.9 Å². The van der Waals surface area contributed by atoms with Gasteiger partial charge in [-0.25, -0.2) is 0 Å². The first kappa shape index (κ1) is 20.4. The number of ether oxygens (including phenoxy) is 2. The molecule has 0 fully saturated rings. The molecular weight excluding hydrogens is 290 g/mol. The largest absolute Gasteiger partial charge is 0.481 e. The standard InChI is InChI=1S/C15H27NO6/c1-7-15(4,22-11(3)17)12(13(18)19)10(2)14(20)21-9-8-16(5)6/h10,12H,7-9H2,1-6H3,(H,18,19). The van der Waals surface area contributed by atoms with E-state index in [-0.39, 0.29) is 13.0 Å². The Morgan fingerprint density at radius 1 is 1.27 bits per heavy atom. The molecule has 0 rings (SSSR count). The van der Waals surface area contributed by atoms with Gasteiger partial charge in [-0.3, -0.25) is 14.4 Å². The lowest BCUT2D eigenvalue weighted by Crippen LogP contribution is -2.48. The highest BCUT2D eigenvalue weighted by atomic mass is 16.6. The van der Waals surface area contributed by atoms with E-state index in [4.69, 9.17) is 9.47 Å². The van der Waals surface area contributed by atoms with Crippen LogP contribution in [0.5, 0.6) is 0 Å². The molecule has 0 bridgehead atoms.